The van der Waals surface area contributed by atoms with Crippen LogP contribution in [0.25, 0.3) is 0 Å². The molecule has 0 aliphatic rings. The Hall–Kier alpha value is -4.05. The van der Waals surface area contributed by atoms with Crippen molar-refractivity contribution in [3.8, 4) is 0 Å². The fourth-order valence-electron chi connectivity index (χ4n) is 2.51. The molecule has 0 saturated heterocycles. The van der Waals surface area contributed by atoms with E-state index < -0.39 is 22.9 Å². The van der Waals surface area contributed by atoms with Crippen LogP contribution in [0, 0.1) is 10.1 Å². The maximum absolute atomic E-state index is 12.3. The minimum absolute atomic E-state index is 0.172. The molecular formula is C21H17N3O6S. The third kappa shape index (κ3) is 5.73. The maximum atomic E-state index is 12.3. The van der Waals surface area contributed by atoms with Gasteiger partial charge in [-0.2, -0.15) is 0 Å². The van der Waals surface area contributed by atoms with E-state index in [9.17, 15) is 24.5 Å². The zero-order valence-electron chi connectivity index (χ0n) is 16.2. The van der Waals surface area contributed by atoms with E-state index in [-0.39, 0.29) is 22.8 Å². The highest BCUT2D eigenvalue weighted by molar-refractivity contribution is 7.12. The highest BCUT2D eigenvalue weighted by Crippen LogP contribution is 2.18. The standard InChI is InChI=1S/C21H17N3O6S/c1-13(19(25)23-16-4-2-5-17(12-16)24(28)29)30-21(27)14-7-9-15(10-8-14)22-20(26)18-6-3-11-31-18/h2-13H,1H3,(H,22,26)(H,23,25). The molecule has 0 fully saturated rings. The predicted octanol–water partition coefficient (Wildman–Crippen LogP) is 4.09. The number of thiophene rings is 1. The van der Waals surface area contributed by atoms with Gasteiger partial charge < -0.3 is 15.4 Å². The van der Waals surface area contributed by atoms with Gasteiger partial charge in [-0.25, -0.2) is 4.79 Å². The van der Waals surface area contributed by atoms with Crippen molar-refractivity contribution in [2.75, 3.05) is 10.6 Å². The van der Waals surface area contributed by atoms with Crippen LogP contribution in [-0.2, 0) is 9.53 Å². The van der Waals surface area contributed by atoms with E-state index in [0.29, 0.717) is 10.6 Å². The van der Waals surface area contributed by atoms with E-state index in [2.05, 4.69) is 10.6 Å². The van der Waals surface area contributed by atoms with Gasteiger partial charge in [0.25, 0.3) is 17.5 Å². The molecule has 2 N–H and O–H groups in total. The molecular weight excluding hydrogens is 422 g/mol. The summed E-state index contributed by atoms with van der Waals surface area (Å²) < 4.78 is 5.16. The Labute approximate surface area is 180 Å². The Bertz CT molecular complexity index is 1110. The molecule has 2 aromatic carbocycles. The highest BCUT2D eigenvalue weighted by Gasteiger charge is 2.20. The lowest BCUT2D eigenvalue weighted by atomic mass is 10.2. The number of hydrogen-bond acceptors (Lipinski definition) is 7. The number of non-ortho nitro benzene ring substituents is 1. The molecule has 0 aliphatic carbocycles. The summed E-state index contributed by atoms with van der Waals surface area (Å²) in [6.45, 7) is 1.39. The number of benzene rings is 2. The van der Waals surface area contributed by atoms with E-state index in [1.165, 1.54) is 54.7 Å². The van der Waals surface area contributed by atoms with Crippen LogP contribution in [0.15, 0.2) is 66.0 Å². The molecule has 9 nitrogen and oxygen atoms in total. The van der Waals surface area contributed by atoms with Crippen molar-refractivity contribution in [2.45, 2.75) is 13.0 Å². The molecule has 1 heterocycles. The van der Waals surface area contributed by atoms with Crippen molar-refractivity contribution >= 4 is 46.2 Å². The lowest BCUT2D eigenvalue weighted by molar-refractivity contribution is -0.384. The quantitative estimate of drug-likeness (QED) is 0.324. The maximum Gasteiger partial charge on any atom is 0.338 e. The number of carbonyl (C=O) groups is 3. The first-order chi connectivity index (χ1) is 14.8. The minimum Gasteiger partial charge on any atom is -0.449 e. The Balaban J connectivity index is 1.56. The summed E-state index contributed by atoms with van der Waals surface area (Å²) in [4.78, 5) is 47.4. The summed E-state index contributed by atoms with van der Waals surface area (Å²) in [5, 5.41) is 17.8. The summed E-state index contributed by atoms with van der Waals surface area (Å²) in [7, 11) is 0. The Morgan fingerprint density at radius 1 is 1.00 bits per heavy atom. The summed E-state index contributed by atoms with van der Waals surface area (Å²) in [5.41, 5.74) is 0.747. The Morgan fingerprint density at radius 2 is 1.74 bits per heavy atom. The molecule has 1 atom stereocenters. The SMILES string of the molecule is CC(OC(=O)c1ccc(NC(=O)c2cccs2)cc1)C(=O)Nc1cccc([N+](=O)[O-])c1. The zero-order valence-corrected chi connectivity index (χ0v) is 17.0. The molecule has 0 bridgehead atoms. The second-order valence-electron chi connectivity index (χ2n) is 6.35. The number of esters is 1. The molecule has 3 rings (SSSR count). The summed E-state index contributed by atoms with van der Waals surface area (Å²) >= 11 is 1.31. The van der Waals surface area contributed by atoms with E-state index in [1.807, 2.05) is 0 Å². The van der Waals surface area contributed by atoms with Crippen molar-refractivity contribution in [2.24, 2.45) is 0 Å². The minimum atomic E-state index is -1.13. The van der Waals surface area contributed by atoms with Gasteiger partial charge in [-0.05, 0) is 48.7 Å². The molecule has 0 aliphatic heterocycles. The third-order valence-corrected chi connectivity index (χ3v) is 4.97. The fourth-order valence-corrected chi connectivity index (χ4v) is 3.13. The number of anilines is 2. The third-order valence-electron chi connectivity index (χ3n) is 4.10. The monoisotopic (exact) mass is 439 g/mol. The Morgan fingerprint density at radius 3 is 2.39 bits per heavy atom. The topological polar surface area (TPSA) is 128 Å². The van der Waals surface area contributed by atoms with Crippen LogP contribution in [0.3, 0.4) is 0 Å². The fraction of sp³-hybridized carbons (Fsp3) is 0.0952. The van der Waals surface area contributed by atoms with E-state index >= 15 is 0 Å². The molecule has 158 valence electrons. The van der Waals surface area contributed by atoms with Crippen molar-refractivity contribution < 1.29 is 24.0 Å². The molecule has 3 aromatic rings. The average molecular weight is 439 g/mol. The van der Waals surface area contributed by atoms with Crippen molar-refractivity contribution in [1.29, 1.82) is 0 Å². The predicted molar refractivity (Wildman–Crippen MR) is 115 cm³/mol. The summed E-state index contributed by atoms with van der Waals surface area (Å²) in [5.74, 6) is -1.61. The first-order valence-corrected chi connectivity index (χ1v) is 9.92. The van der Waals surface area contributed by atoms with Crippen molar-refractivity contribution in [1.82, 2.24) is 0 Å². The number of nitrogens with zero attached hydrogens (tertiary/aromatic N) is 1. The molecule has 0 radical (unpaired) electrons. The molecule has 31 heavy (non-hydrogen) atoms. The summed E-state index contributed by atoms with van der Waals surface area (Å²) in [6, 6.07) is 14.9. The number of rotatable bonds is 7. The van der Waals surface area contributed by atoms with Crippen LogP contribution in [0.4, 0.5) is 17.1 Å². The number of ether oxygens (including phenoxy) is 1. The van der Waals surface area contributed by atoms with Gasteiger partial charge in [0.15, 0.2) is 6.10 Å². The number of amides is 2. The molecule has 0 spiro atoms. The van der Waals surface area contributed by atoms with E-state index in [4.69, 9.17) is 4.74 Å². The Kier molecular flexibility index (Phi) is 6.73. The second-order valence-corrected chi connectivity index (χ2v) is 7.30. The van der Waals surface area contributed by atoms with Gasteiger partial charge in [0.1, 0.15) is 0 Å². The van der Waals surface area contributed by atoms with Crippen LogP contribution in [-0.4, -0.2) is 28.8 Å². The molecule has 0 saturated carbocycles. The second kappa shape index (κ2) is 9.63. The van der Waals surface area contributed by atoms with Crippen LogP contribution in [0.2, 0.25) is 0 Å². The van der Waals surface area contributed by atoms with Crippen molar-refractivity contribution in [3.05, 3.63) is 86.6 Å². The van der Waals surface area contributed by atoms with Crippen LogP contribution in [0.1, 0.15) is 27.0 Å². The zero-order chi connectivity index (χ0) is 22.4. The normalized spacial score (nSPS) is 11.3. The number of hydrogen-bond donors (Lipinski definition) is 2. The van der Waals surface area contributed by atoms with Gasteiger partial charge in [-0.3, -0.25) is 19.7 Å². The average Bonchev–Trinajstić information content (AvgIpc) is 3.29. The molecule has 10 heteroatoms. The number of nitro groups is 1. The molecule has 2 amide bonds. The van der Waals surface area contributed by atoms with E-state index in [1.54, 1.807) is 29.6 Å². The number of carbonyl (C=O) groups excluding carboxylic acids is 3. The van der Waals surface area contributed by atoms with Gasteiger partial charge >= 0.3 is 5.97 Å². The van der Waals surface area contributed by atoms with Gasteiger partial charge in [0, 0.05) is 23.5 Å². The largest absolute Gasteiger partial charge is 0.449 e. The number of nitrogens with one attached hydrogen (secondary N) is 2. The van der Waals surface area contributed by atoms with E-state index in [0.717, 1.165) is 0 Å². The van der Waals surface area contributed by atoms with Gasteiger partial charge in [-0.15, -0.1) is 11.3 Å². The lowest BCUT2D eigenvalue weighted by Crippen LogP contribution is -2.30. The van der Waals surface area contributed by atoms with Gasteiger partial charge in [0.2, 0.25) is 0 Å². The smallest absolute Gasteiger partial charge is 0.338 e. The highest BCUT2D eigenvalue weighted by atomic mass is 32.1. The molecule has 1 aromatic heterocycles. The van der Waals surface area contributed by atoms with Gasteiger partial charge in [0.05, 0.1) is 15.4 Å². The number of nitro benzene ring substituents is 1. The summed E-state index contributed by atoms with van der Waals surface area (Å²) in [6.07, 6.45) is -1.13. The first kappa shape index (κ1) is 21.7. The first-order valence-electron chi connectivity index (χ1n) is 9.04. The van der Waals surface area contributed by atoms with Gasteiger partial charge in [-0.1, -0.05) is 12.1 Å². The lowest BCUT2D eigenvalue weighted by Gasteiger charge is -2.14. The molecule has 1 unspecified atom stereocenters. The van der Waals surface area contributed by atoms with Crippen molar-refractivity contribution in [3.63, 3.8) is 0 Å². The van der Waals surface area contributed by atoms with Crippen LogP contribution >= 0.6 is 11.3 Å². The van der Waals surface area contributed by atoms with Crippen LogP contribution in [0.5, 0.6) is 0 Å². The van der Waals surface area contributed by atoms with Crippen LogP contribution < -0.4 is 10.6 Å².